The number of nitrogens with zero attached hydrogens (tertiary/aromatic N) is 1. The Hall–Kier alpha value is -1.50. The molecule has 2 aliphatic rings. The fraction of sp³-hybridized carbons (Fsp3) is 0.650. The van der Waals surface area contributed by atoms with Crippen molar-refractivity contribution in [2.45, 2.75) is 38.2 Å². The van der Waals surface area contributed by atoms with E-state index in [0.717, 1.165) is 57.7 Å². The molecular formula is C20H32ClN3O3. The van der Waals surface area contributed by atoms with Crippen molar-refractivity contribution in [1.29, 1.82) is 0 Å². The second-order valence-corrected chi connectivity index (χ2v) is 7.09. The number of hydrogen-bond donors (Lipinski definition) is 2. The fourth-order valence-corrected chi connectivity index (χ4v) is 3.63. The summed E-state index contributed by atoms with van der Waals surface area (Å²) in [5, 5.41) is 6.35. The summed E-state index contributed by atoms with van der Waals surface area (Å²) in [5.41, 5.74) is 0.614. The Morgan fingerprint density at radius 2 is 1.96 bits per heavy atom. The third-order valence-corrected chi connectivity index (χ3v) is 5.17. The van der Waals surface area contributed by atoms with Gasteiger partial charge in [0.25, 0.3) is 5.91 Å². The lowest BCUT2D eigenvalue weighted by atomic mass is 10.2. The van der Waals surface area contributed by atoms with Crippen LogP contribution in [0.25, 0.3) is 0 Å². The number of ether oxygens (including phenoxy) is 2. The van der Waals surface area contributed by atoms with Crippen LogP contribution in [-0.4, -0.2) is 63.3 Å². The summed E-state index contributed by atoms with van der Waals surface area (Å²) in [7, 11) is 1.62. The number of carbonyl (C=O) groups is 1. The third kappa shape index (κ3) is 6.55. The molecule has 1 saturated carbocycles. The summed E-state index contributed by atoms with van der Waals surface area (Å²) in [4.78, 5) is 14.8. The molecule has 0 unspecified atom stereocenters. The van der Waals surface area contributed by atoms with E-state index in [1.165, 1.54) is 12.8 Å². The largest absolute Gasteiger partial charge is 0.493 e. The zero-order valence-electron chi connectivity index (χ0n) is 16.2. The van der Waals surface area contributed by atoms with E-state index in [2.05, 4.69) is 15.5 Å². The van der Waals surface area contributed by atoms with Crippen LogP contribution in [0, 0.1) is 0 Å². The number of amides is 1. The summed E-state index contributed by atoms with van der Waals surface area (Å²) < 4.78 is 11.5. The molecule has 6 nitrogen and oxygen atoms in total. The van der Waals surface area contributed by atoms with Crippen LogP contribution in [0.15, 0.2) is 18.2 Å². The van der Waals surface area contributed by atoms with Gasteiger partial charge >= 0.3 is 0 Å². The minimum Gasteiger partial charge on any atom is -0.493 e. The number of methoxy groups -OCH3 is 1. The molecule has 1 aromatic rings. The molecular weight excluding hydrogens is 366 g/mol. The number of nitrogens with one attached hydrogen (secondary N) is 2. The van der Waals surface area contributed by atoms with Crippen LogP contribution in [0.4, 0.5) is 0 Å². The second kappa shape index (κ2) is 11.4. The average Bonchev–Trinajstić information content (AvgIpc) is 3.19. The van der Waals surface area contributed by atoms with Crippen LogP contribution in [0.2, 0.25) is 0 Å². The van der Waals surface area contributed by atoms with E-state index < -0.39 is 0 Å². The van der Waals surface area contributed by atoms with Crippen molar-refractivity contribution < 1.29 is 14.3 Å². The number of benzene rings is 1. The molecule has 7 heteroatoms. The lowest BCUT2D eigenvalue weighted by Gasteiger charge is -2.27. The van der Waals surface area contributed by atoms with Gasteiger partial charge < -0.3 is 25.0 Å². The summed E-state index contributed by atoms with van der Waals surface area (Å²) in [6, 6.07) is 5.45. The molecule has 1 aliphatic heterocycles. The molecule has 1 aromatic carbocycles. The third-order valence-electron chi connectivity index (χ3n) is 5.17. The first-order valence-corrected chi connectivity index (χ1v) is 9.82. The van der Waals surface area contributed by atoms with E-state index in [4.69, 9.17) is 9.47 Å². The standard InChI is InChI=1S/C20H31N3O3.ClH/c1-25-19-15-16(7-8-18(19)26-17-5-2-3-6-17)20(24)22-9-4-12-23-13-10-21-11-14-23;/h7-8,15,17,21H,2-6,9-14H2,1H3,(H,22,24);1H. The van der Waals surface area contributed by atoms with Gasteiger partial charge in [-0.15, -0.1) is 12.4 Å². The van der Waals surface area contributed by atoms with Crippen LogP contribution in [0.3, 0.4) is 0 Å². The molecule has 0 atom stereocenters. The van der Waals surface area contributed by atoms with Gasteiger partial charge in [-0.25, -0.2) is 0 Å². The van der Waals surface area contributed by atoms with E-state index in [0.29, 0.717) is 17.9 Å². The van der Waals surface area contributed by atoms with Crippen molar-refractivity contribution in [2.75, 3.05) is 46.4 Å². The first kappa shape index (κ1) is 21.8. The molecule has 0 bridgehead atoms. The zero-order chi connectivity index (χ0) is 18.2. The molecule has 27 heavy (non-hydrogen) atoms. The first-order chi connectivity index (χ1) is 12.8. The minimum atomic E-state index is -0.0592. The van der Waals surface area contributed by atoms with E-state index in [9.17, 15) is 4.79 Å². The lowest BCUT2D eigenvalue weighted by molar-refractivity contribution is 0.0950. The summed E-state index contributed by atoms with van der Waals surface area (Å²) in [6.45, 7) is 6.01. The van der Waals surface area contributed by atoms with E-state index in [1.54, 1.807) is 13.2 Å². The molecule has 152 valence electrons. The molecule has 2 N–H and O–H groups in total. The van der Waals surface area contributed by atoms with E-state index >= 15 is 0 Å². The molecule has 0 radical (unpaired) electrons. The van der Waals surface area contributed by atoms with E-state index in [1.807, 2.05) is 12.1 Å². The van der Waals surface area contributed by atoms with Gasteiger partial charge in [-0.1, -0.05) is 0 Å². The number of carbonyl (C=O) groups excluding carboxylic acids is 1. The van der Waals surface area contributed by atoms with Crippen LogP contribution in [0.1, 0.15) is 42.5 Å². The zero-order valence-corrected chi connectivity index (χ0v) is 17.0. The van der Waals surface area contributed by atoms with Crippen LogP contribution in [-0.2, 0) is 0 Å². The van der Waals surface area contributed by atoms with Crippen molar-refractivity contribution >= 4 is 18.3 Å². The minimum absolute atomic E-state index is 0. The summed E-state index contributed by atoms with van der Waals surface area (Å²) >= 11 is 0. The Morgan fingerprint density at radius 1 is 1.22 bits per heavy atom. The van der Waals surface area contributed by atoms with Gasteiger partial charge in [-0.05, 0) is 56.8 Å². The van der Waals surface area contributed by atoms with Gasteiger partial charge in [-0.2, -0.15) is 0 Å². The predicted octanol–water partition coefficient (Wildman–Crippen LogP) is 2.46. The van der Waals surface area contributed by atoms with Gasteiger partial charge in [0, 0.05) is 38.3 Å². The van der Waals surface area contributed by atoms with Crippen LogP contribution < -0.4 is 20.1 Å². The Labute approximate surface area is 168 Å². The monoisotopic (exact) mass is 397 g/mol. The highest BCUT2D eigenvalue weighted by Crippen LogP contribution is 2.32. The lowest BCUT2D eigenvalue weighted by Crippen LogP contribution is -2.44. The topological polar surface area (TPSA) is 62.8 Å². The van der Waals surface area contributed by atoms with Crippen molar-refractivity contribution in [3.63, 3.8) is 0 Å². The number of rotatable bonds is 8. The maximum Gasteiger partial charge on any atom is 0.251 e. The quantitative estimate of drug-likeness (QED) is 0.660. The van der Waals surface area contributed by atoms with Crippen molar-refractivity contribution in [2.24, 2.45) is 0 Å². The molecule has 2 fully saturated rings. The average molecular weight is 398 g/mol. The van der Waals surface area contributed by atoms with Gasteiger partial charge in [0.05, 0.1) is 13.2 Å². The van der Waals surface area contributed by atoms with E-state index in [-0.39, 0.29) is 24.4 Å². The molecule has 0 spiro atoms. The number of halogens is 1. The predicted molar refractivity (Wildman–Crippen MR) is 109 cm³/mol. The van der Waals surface area contributed by atoms with Crippen molar-refractivity contribution in [3.05, 3.63) is 23.8 Å². The number of piperazine rings is 1. The van der Waals surface area contributed by atoms with Crippen molar-refractivity contribution in [3.8, 4) is 11.5 Å². The Balaban J connectivity index is 0.00000261. The van der Waals surface area contributed by atoms with Crippen LogP contribution in [0.5, 0.6) is 11.5 Å². The summed E-state index contributed by atoms with van der Waals surface area (Å²) in [6.07, 6.45) is 5.87. The Morgan fingerprint density at radius 3 is 2.67 bits per heavy atom. The highest BCUT2D eigenvalue weighted by atomic mass is 35.5. The fourth-order valence-electron chi connectivity index (χ4n) is 3.63. The van der Waals surface area contributed by atoms with Gasteiger partial charge in [0.2, 0.25) is 0 Å². The Bertz CT molecular complexity index is 588. The number of hydrogen-bond acceptors (Lipinski definition) is 5. The molecule has 1 aliphatic carbocycles. The maximum atomic E-state index is 12.4. The molecule has 1 heterocycles. The first-order valence-electron chi connectivity index (χ1n) is 9.82. The SMILES string of the molecule is COc1cc(C(=O)NCCCN2CCNCC2)ccc1OC1CCCC1.Cl. The molecule has 0 aromatic heterocycles. The van der Waals surface area contributed by atoms with Gasteiger partial charge in [0.15, 0.2) is 11.5 Å². The maximum absolute atomic E-state index is 12.4. The second-order valence-electron chi connectivity index (χ2n) is 7.09. The molecule has 1 amide bonds. The Kier molecular flexibility index (Phi) is 9.18. The van der Waals surface area contributed by atoms with Crippen molar-refractivity contribution in [1.82, 2.24) is 15.5 Å². The van der Waals surface area contributed by atoms with Crippen LogP contribution >= 0.6 is 12.4 Å². The summed E-state index contributed by atoms with van der Waals surface area (Å²) in [5.74, 6) is 1.30. The highest BCUT2D eigenvalue weighted by molar-refractivity contribution is 5.94. The smallest absolute Gasteiger partial charge is 0.251 e. The van der Waals surface area contributed by atoms with Gasteiger partial charge in [0.1, 0.15) is 0 Å². The molecule has 1 saturated heterocycles. The highest BCUT2D eigenvalue weighted by Gasteiger charge is 2.19. The molecule has 3 rings (SSSR count). The van der Waals surface area contributed by atoms with Gasteiger partial charge in [-0.3, -0.25) is 4.79 Å². The normalized spacial score (nSPS) is 18.0.